The van der Waals surface area contributed by atoms with Crippen LogP contribution < -0.4 is 5.32 Å². The van der Waals surface area contributed by atoms with Crippen LogP contribution in [0.4, 0.5) is 0 Å². The van der Waals surface area contributed by atoms with Crippen LogP contribution in [0, 0.1) is 13.8 Å². The van der Waals surface area contributed by atoms with Gasteiger partial charge in [-0.05, 0) is 38.4 Å². The van der Waals surface area contributed by atoms with Gasteiger partial charge >= 0.3 is 5.97 Å². The summed E-state index contributed by atoms with van der Waals surface area (Å²) in [4.78, 5) is 11.4. The number of hydrogen-bond acceptors (Lipinski definition) is 2. The van der Waals surface area contributed by atoms with Gasteiger partial charge in [0.25, 0.3) is 0 Å². The van der Waals surface area contributed by atoms with Crippen LogP contribution in [0.5, 0.6) is 0 Å². The number of benzene rings is 1. The van der Waals surface area contributed by atoms with Gasteiger partial charge in [0.15, 0.2) is 0 Å². The van der Waals surface area contributed by atoms with E-state index in [9.17, 15) is 9.90 Å². The summed E-state index contributed by atoms with van der Waals surface area (Å²) in [6.07, 6.45) is 0. The fourth-order valence-corrected chi connectivity index (χ4v) is 2.01. The van der Waals surface area contributed by atoms with Crippen molar-refractivity contribution in [2.45, 2.75) is 33.2 Å². The van der Waals surface area contributed by atoms with Gasteiger partial charge in [-0.15, -0.1) is 0 Å². The van der Waals surface area contributed by atoms with Gasteiger partial charge in [0, 0.05) is 0 Å². The smallest absolute Gasteiger partial charge is 0.328 e. The molecule has 3 nitrogen and oxygen atoms in total. The van der Waals surface area contributed by atoms with Crippen LogP contribution in [0.3, 0.4) is 0 Å². The predicted octanol–water partition coefficient (Wildman–Crippen LogP) is 2.21. The van der Waals surface area contributed by atoms with E-state index in [1.54, 1.807) is 6.92 Å². The second-order valence-corrected chi connectivity index (χ2v) is 4.28. The van der Waals surface area contributed by atoms with Gasteiger partial charge in [0.1, 0.15) is 5.54 Å². The molecule has 0 bridgehead atoms. The Morgan fingerprint density at radius 1 is 1.44 bits per heavy atom. The Balaban J connectivity index is 3.26. The Morgan fingerprint density at radius 3 is 2.50 bits per heavy atom. The molecule has 0 heterocycles. The summed E-state index contributed by atoms with van der Waals surface area (Å²) in [5.41, 5.74) is 1.97. The average molecular weight is 221 g/mol. The van der Waals surface area contributed by atoms with Crippen LogP contribution in [0.25, 0.3) is 0 Å². The number of nitrogens with one attached hydrogen (secondary N) is 1. The number of rotatable bonds is 4. The zero-order chi connectivity index (χ0) is 12.3. The highest BCUT2D eigenvalue weighted by Crippen LogP contribution is 2.25. The number of hydrogen-bond donors (Lipinski definition) is 2. The van der Waals surface area contributed by atoms with E-state index < -0.39 is 11.5 Å². The van der Waals surface area contributed by atoms with Crippen molar-refractivity contribution in [2.75, 3.05) is 6.54 Å². The van der Waals surface area contributed by atoms with Gasteiger partial charge in [0.05, 0.1) is 0 Å². The van der Waals surface area contributed by atoms with Crippen LogP contribution >= 0.6 is 0 Å². The average Bonchev–Trinajstić information content (AvgIpc) is 2.17. The van der Waals surface area contributed by atoms with Gasteiger partial charge in [-0.3, -0.25) is 5.32 Å². The lowest BCUT2D eigenvalue weighted by molar-refractivity contribution is -0.144. The Labute approximate surface area is 96.5 Å². The molecule has 16 heavy (non-hydrogen) atoms. The van der Waals surface area contributed by atoms with E-state index in [1.165, 1.54) is 0 Å². The van der Waals surface area contributed by atoms with Crippen LogP contribution in [-0.4, -0.2) is 17.6 Å². The summed E-state index contributed by atoms with van der Waals surface area (Å²) < 4.78 is 0. The molecule has 0 radical (unpaired) electrons. The third-order valence-electron chi connectivity index (χ3n) is 2.88. The molecule has 88 valence electrons. The zero-order valence-electron chi connectivity index (χ0n) is 10.3. The van der Waals surface area contributed by atoms with Gasteiger partial charge in [-0.25, -0.2) is 4.79 Å². The fourth-order valence-electron chi connectivity index (χ4n) is 2.01. The molecule has 1 unspecified atom stereocenters. The van der Waals surface area contributed by atoms with Crippen molar-refractivity contribution >= 4 is 5.97 Å². The molecule has 1 atom stereocenters. The maximum Gasteiger partial charge on any atom is 0.328 e. The topological polar surface area (TPSA) is 49.3 Å². The minimum absolute atomic E-state index is 0.621. The first-order chi connectivity index (χ1) is 7.41. The molecule has 0 saturated carbocycles. The summed E-state index contributed by atoms with van der Waals surface area (Å²) in [5, 5.41) is 12.4. The second-order valence-electron chi connectivity index (χ2n) is 4.28. The fraction of sp³-hybridized carbons (Fsp3) is 0.462. The Hall–Kier alpha value is -1.35. The summed E-state index contributed by atoms with van der Waals surface area (Å²) in [7, 11) is 0. The maximum atomic E-state index is 11.4. The quantitative estimate of drug-likeness (QED) is 0.819. The van der Waals surface area contributed by atoms with E-state index in [4.69, 9.17) is 0 Å². The van der Waals surface area contributed by atoms with Crippen molar-refractivity contribution < 1.29 is 9.90 Å². The second kappa shape index (κ2) is 4.66. The lowest BCUT2D eigenvalue weighted by Gasteiger charge is -2.28. The summed E-state index contributed by atoms with van der Waals surface area (Å²) in [6.45, 7) is 8.18. The molecule has 2 N–H and O–H groups in total. The monoisotopic (exact) mass is 221 g/mol. The Kier molecular flexibility index (Phi) is 3.70. The van der Waals surface area contributed by atoms with Gasteiger partial charge < -0.3 is 5.11 Å². The lowest BCUT2D eigenvalue weighted by Crippen LogP contribution is -2.47. The summed E-state index contributed by atoms with van der Waals surface area (Å²) in [5.74, 6) is -0.846. The number of carboxylic acids is 1. The molecule has 0 spiro atoms. The van der Waals surface area contributed by atoms with E-state index in [2.05, 4.69) is 5.32 Å². The molecule has 0 fully saturated rings. The van der Waals surface area contributed by atoms with E-state index in [-0.39, 0.29) is 0 Å². The van der Waals surface area contributed by atoms with E-state index >= 15 is 0 Å². The Morgan fingerprint density at radius 2 is 2.06 bits per heavy atom. The molecule has 0 aliphatic heterocycles. The van der Waals surface area contributed by atoms with E-state index in [0.29, 0.717) is 6.54 Å². The SMILES string of the molecule is CCNC(C)(C(=O)O)c1ccc(C)cc1C. The molecule has 1 rings (SSSR count). The van der Waals surface area contributed by atoms with Gasteiger partial charge in [-0.2, -0.15) is 0 Å². The third-order valence-corrected chi connectivity index (χ3v) is 2.88. The third kappa shape index (κ3) is 2.25. The highest BCUT2D eigenvalue weighted by Gasteiger charge is 2.35. The van der Waals surface area contributed by atoms with Crippen molar-refractivity contribution in [1.29, 1.82) is 0 Å². The number of aryl methyl sites for hydroxylation is 2. The van der Waals surface area contributed by atoms with Crippen molar-refractivity contribution in [3.8, 4) is 0 Å². The van der Waals surface area contributed by atoms with Crippen molar-refractivity contribution in [2.24, 2.45) is 0 Å². The molecule has 0 aliphatic rings. The van der Waals surface area contributed by atoms with Gasteiger partial charge in [0.2, 0.25) is 0 Å². The number of aliphatic carboxylic acids is 1. The first kappa shape index (κ1) is 12.7. The van der Waals surface area contributed by atoms with Crippen LogP contribution in [-0.2, 0) is 10.3 Å². The highest BCUT2D eigenvalue weighted by molar-refractivity contribution is 5.80. The van der Waals surface area contributed by atoms with E-state index in [0.717, 1.165) is 16.7 Å². The standard InChI is InChI=1S/C13H19NO2/c1-5-14-13(4,12(15)16)11-7-6-9(2)8-10(11)3/h6-8,14H,5H2,1-4H3,(H,15,16). The van der Waals surface area contributed by atoms with Crippen molar-refractivity contribution in [3.63, 3.8) is 0 Å². The molecule has 0 saturated heterocycles. The summed E-state index contributed by atoms with van der Waals surface area (Å²) >= 11 is 0. The van der Waals surface area contributed by atoms with Crippen molar-refractivity contribution in [3.05, 3.63) is 34.9 Å². The molecular formula is C13H19NO2. The minimum Gasteiger partial charge on any atom is -0.480 e. The molecular weight excluding hydrogens is 202 g/mol. The lowest BCUT2D eigenvalue weighted by atomic mass is 9.88. The molecule has 1 aromatic carbocycles. The number of carboxylic acid groups (broad SMARTS) is 1. The first-order valence-corrected chi connectivity index (χ1v) is 5.48. The summed E-state index contributed by atoms with van der Waals surface area (Å²) in [6, 6.07) is 5.84. The molecule has 1 aromatic rings. The van der Waals surface area contributed by atoms with Crippen molar-refractivity contribution in [1.82, 2.24) is 5.32 Å². The molecule has 0 amide bonds. The molecule has 0 aromatic heterocycles. The Bertz CT molecular complexity index is 401. The largest absolute Gasteiger partial charge is 0.480 e. The van der Waals surface area contributed by atoms with Crippen LogP contribution in [0.2, 0.25) is 0 Å². The van der Waals surface area contributed by atoms with Crippen LogP contribution in [0.15, 0.2) is 18.2 Å². The highest BCUT2D eigenvalue weighted by atomic mass is 16.4. The van der Waals surface area contributed by atoms with Gasteiger partial charge in [-0.1, -0.05) is 30.7 Å². The minimum atomic E-state index is -1.01. The maximum absolute atomic E-state index is 11.4. The first-order valence-electron chi connectivity index (χ1n) is 5.48. The molecule has 0 aliphatic carbocycles. The van der Waals surface area contributed by atoms with E-state index in [1.807, 2.05) is 39.0 Å². The normalized spacial score (nSPS) is 14.5. The predicted molar refractivity (Wildman–Crippen MR) is 64.6 cm³/mol. The number of carbonyl (C=O) groups is 1. The zero-order valence-corrected chi connectivity index (χ0v) is 10.3. The van der Waals surface area contributed by atoms with Crippen LogP contribution in [0.1, 0.15) is 30.5 Å². The molecule has 3 heteroatoms. The number of likely N-dealkylation sites (N-methyl/N-ethyl adjacent to an activating group) is 1.